The lowest BCUT2D eigenvalue weighted by Gasteiger charge is -2.11. The number of para-hydroxylation sites is 2. The lowest BCUT2D eigenvalue weighted by molar-refractivity contribution is 0.374. The molecule has 4 aromatic rings. The summed E-state index contributed by atoms with van der Waals surface area (Å²) in [7, 11) is 1.53. The first-order valence-electron chi connectivity index (χ1n) is 8.53. The lowest BCUT2D eigenvalue weighted by atomic mass is 10.1. The van der Waals surface area contributed by atoms with Crippen molar-refractivity contribution in [2.24, 2.45) is 0 Å². The fourth-order valence-electron chi connectivity index (χ4n) is 2.83. The summed E-state index contributed by atoms with van der Waals surface area (Å²) >= 11 is 1.59. The molecular weight excluding hydrogens is 356 g/mol. The molecule has 1 heterocycles. The Hall–Kier alpha value is -3.05. The number of aromatic nitrogens is 2. The van der Waals surface area contributed by atoms with Gasteiger partial charge in [0.25, 0.3) is 0 Å². The van der Waals surface area contributed by atoms with Crippen molar-refractivity contribution in [3.8, 4) is 22.9 Å². The number of rotatable bonds is 4. The molecule has 0 aliphatic rings. The molecule has 0 spiro atoms. The molecule has 0 aliphatic heterocycles. The second-order valence-electron chi connectivity index (χ2n) is 6.14. The van der Waals surface area contributed by atoms with Gasteiger partial charge in [-0.25, -0.2) is 9.97 Å². The summed E-state index contributed by atoms with van der Waals surface area (Å²) in [5.41, 5.74) is 2.60. The highest BCUT2D eigenvalue weighted by atomic mass is 32.2. The molecule has 0 saturated carbocycles. The summed E-state index contributed by atoms with van der Waals surface area (Å²) in [5.74, 6) is 0.915. The molecule has 0 aliphatic carbocycles. The fraction of sp³-hybridized carbons (Fsp3) is 0.0909. The fourth-order valence-corrected chi connectivity index (χ4v) is 3.74. The molecule has 0 bridgehead atoms. The van der Waals surface area contributed by atoms with E-state index in [0.717, 1.165) is 20.8 Å². The Balaban J connectivity index is 1.87. The van der Waals surface area contributed by atoms with E-state index < -0.39 is 0 Å². The van der Waals surface area contributed by atoms with E-state index in [9.17, 15) is 5.11 Å². The molecule has 0 fully saturated rings. The van der Waals surface area contributed by atoms with Crippen molar-refractivity contribution in [1.29, 1.82) is 0 Å². The Morgan fingerprint density at radius 3 is 2.44 bits per heavy atom. The largest absolute Gasteiger partial charge is 0.504 e. The van der Waals surface area contributed by atoms with Gasteiger partial charge in [0.2, 0.25) is 0 Å². The highest BCUT2D eigenvalue weighted by Gasteiger charge is 2.15. The van der Waals surface area contributed by atoms with E-state index in [1.807, 2.05) is 30.3 Å². The molecule has 0 atom stereocenters. The Morgan fingerprint density at radius 2 is 1.67 bits per heavy atom. The molecule has 134 valence electrons. The summed E-state index contributed by atoms with van der Waals surface area (Å²) in [6, 6.07) is 21.6. The van der Waals surface area contributed by atoms with E-state index in [4.69, 9.17) is 9.72 Å². The quantitative estimate of drug-likeness (QED) is 0.480. The van der Waals surface area contributed by atoms with E-state index >= 15 is 0 Å². The number of aromatic hydroxyl groups is 1. The van der Waals surface area contributed by atoms with Crippen LogP contribution in [0.25, 0.3) is 22.3 Å². The van der Waals surface area contributed by atoms with Crippen LogP contribution in [0.3, 0.4) is 0 Å². The molecule has 5 heteroatoms. The molecule has 0 unspecified atom stereocenters. The van der Waals surface area contributed by atoms with Gasteiger partial charge in [-0.05, 0) is 37.3 Å². The number of aryl methyl sites for hydroxylation is 1. The van der Waals surface area contributed by atoms with Crippen molar-refractivity contribution < 1.29 is 9.84 Å². The molecule has 0 saturated heterocycles. The molecule has 1 N–H and O–H groups in total. The Kier molecular flexibility index (Phi) is 4.69. The van der Waals surface area contributed by atoms with Crippen LogP contribution in [0.4, 0.5) is 0 Å². The molecular formula is C22H18N2O2S. The van der Waals surface area contributed by atoms with Crippen molar-refractivity contribution in [3.05, 3.63) is 72.3 Å². The monoisotopic (exact) mass is 374 g/mol. The summed E-state index contributed by atoms with van der Waals surface area (Å²) in [4.78, 5) is 10.5. The topological polar surface area (TPSA) is 55.2 Å². The van der Waals surface area contributed by atoms with Gasteiger partial charge in [0.1, 0.15) is 5.03 Å². The van der Waals surface area contributed by atoms with Gasteiger partial charge in [0, 0.05) is 10.3 Å². The molecule has 3 aromatic carbocycles. The van der Waals surface area contributed by atoms with Crippen LogP contribution in [-0.2, 0) is 0 Å². The maximum atomic E-state index is 10.5. The van der Waals surface area contributed by atoms with Crippen molar-refractivity contribution in [1.82, 2.24) is 9.97 Å². The maximum absolute atomic E-state index is 10.5. The highest BCUT2D eigenvalue weighted by molar-refractivity contribution is 7.99. The van der Waals surface area contributed by atoms with E-state index in [-0.39, 0.29) is 5.75 Å². The number of fused-ring (bicyclic) bond motifs is 1. The average molecular weight is 374 g/mol. The smallest absolute Gasteiger partial charge is 0.168 e. The maximum Gasteiger partial charge on any atom is 0.168 e. The zero-order valence-electron chi connectivity index (χ0n) is 15.0. The number of nitrogens with zero attached hydrogens (tertiary/aromatic N) is 2. The number of ether oxygens (including phenoxy) is 1. The minimum Gasteiger partial charge on any atom is -0.504 e. The third-order valence-corrected chi connectivity index (χ3v) is 5.28. The zero-order chi connectivity index (χ0) is 18.8. The predicted octanol–water partition coefficient (Wildman–Crippen LogP) is 5.47. The zero-order valence-corrected chi connectivity index (χ0v) is 15.8. The number of phenols is 1. The van der Waals surface area contributed by atoms with Crippen LogP contribution >= 0.6 is 11.8 Å². The standard InChI is InChI=1S/C22H18N2O2S/c1-14-10-12-15(13-11-14)27-22-16-6-3-4-8-18(16)23-21(24-22)17-7-5-9-19(26-2)20(17)25/h3-13,25H,1-2H3. The summed E-state index contributed by atoms with van der Waals surface area (Å²) in [5, 5.41) is 12.3. The van der Waals surface area contributed by atoms with Crippen LogP contribution in [0.15, 0.2) is 76.7 Å². The SMILES string of the molecule is COc1cccc(-c2nc(Sc3ccc(C)cc3)c3ccccc3n2)c1O. The van der Waals surface area contributed by atoms with Gasteiger partial charge in [-0.2, -0.15) is 0 Å². The second kappa shape index (κ2) is 7.29. The van der Waals surface area contributed by atoms with E-state index in [1.165, 1.54) is 12.7 Å². The molecule has 1 aromatic heterocycles. The normalized spacial score (nSPS) is 10.9. The van der Waals surface area contributed by atoms with E-state index in [0.29, 0.717) is 17.1 Å². The summed E-state index contributed by atoms with van der Waals surface area (Å²) in [6.07, 6.45) is 0. The first-order chi connectivity index (χ1) is 13.2. The number of hydrogen-bond acceptors (Lipinski definition) is 5. The first-order valence-corrected chi connectivity index (χ1v) is 9.35. The third kappa shape index (κ3) is 3.46. The van der Waals surface area contributed by atoms with Crippen LogP contribution in [0.1, 0.15) is 5.56 Å². The molecule has 0 radical (unpaired) electrons. The van der Waals surface area contributed by atoms with Gasteiger partial charge in [-0.15, -0.1) is 0 Å². The molecule has 0 amide bonds. The Bertz CT molecular complexity index is 1110. The van der Waals surface area contributed by atoms with Crippen LogP contribution in [-0.4, -0.2) is 22.2 Å². The van der Waals surface area contributed by atoms with E-state index in [1.54, 1.807) is 23.9 Å². The van der Waals surface area contributed by atoms with Crippen LogP contribution < -0.4 is 4.74 Å². The van der Waals surface area contributed by atoms with Crippen molar-refractivity contribution in [2.45, 2.75) is 16.8 Å². The lowest BCUT2D eigenvalue weighted by Crippen LogP contribution is -1.95. The van der Waals surface area contributed by atoms with Crippen LogP contribution in [0, 0.1) is 6.92 Å². The Labute approximate surface area is 161 Å². The van der Waals surface area contributed by atoms with Crippen molar-refractivity contribution in [2.75, 3.05) is 7.11 Å². The number of methoxy groups -OCH3 is 1. The minimum atomic E-state index is 0.0431. The molecule has 27 heavy (non-hydrogen) atoms. The van der Waals surface area contributed by atoms with Gasteiger partial charge in [0.05, 0.1) is 18.2 Å². The van der Waals surface area contributed by atoms with Crippen molar-refractivity contribution in [3.63, 3.8) is 0 Å². The van der Waals surface area contributed by atoms with Gasteiger partial charge in [-0.3, -0.25) is 0 Å². The Morgan fingerprint density at radius 1 is 0.889 bits per heavy atom. The number of phenolic OH excluding ortho intramolecular Hbond substituents is 1. The van der Waals surface area contributed by atoms with E-state index in [2.05, 4.69) is 36.2 Å². The number of benzene rings is 3. The molecule has 4 nitrogen and oxygen atoms in total. The second-order valence-corrected chi connectivity index (χ2v) is 7.20. The van der Waals surface area contributed by atoms with Gasteiger partial charge >= 0.3 is 0 Å². The predicted molar refractivity (Wildman–Crippen MR) is 108 cm³/mol. The first kappa shape index (κ1) is 17.4. The average Bonchev–Trinajstić information content (AvgIpc) is 2.70. The molecule has 4 rings (SSSR count). The summed E-state index contributed by atoms with van der Waals surface area (Å²) in [6.45, 7) is 2.07. The summed E-state index contributed by atoms with van der Waals surface area (Å²) < 4.78 is 5.22. The van der Waals surface area contributed by atoms with Crippen LogP contribution in [0.5, 0.6) is 11.5 Å². The van der Waals surface area contributed by atoms with Gasteiger partial charge in [0.15, 0.2) is 17.3 Å². The van der Waals surface area contributed by atoms with Gasteiger partial charge < -0.3 is 9.84 Å². The van der Waals surface area contributed by atoms with Gasteiger partial charge in [-0.1, -0.05) is 53.7 Å². The highest BCUT2D eigenvalue weighted by Crippen LogP contribution is 2.38. The van der Waals surface area contributed by atoms with Crippen LogP contribution in [0.2, 0.25) is 0 Å². The third-order valence-electron chi connectivity index (χ3n) is 4.26. The number of hydrogen-bond donors (Lipinski definition) is 1. The van der Waals surface area contributed by atoms with Crippen molar-refractivity contribution >= 4 is 22.7 Å². The minimum absolute atomic E-state index is 0.0431.